The minimum atomic E-state index is -1.10. The molecule has 3 amide bonds. The van der Waals surface area contributed by atoms with E-state index in [1.165, 1.54) is 6.92 Å². The highest BCUT2D eigenvalue weighted by Crippen LogP contribution is 2.32. The number of rotatable bonds is 4. The first-order valence-electron chi connectivity index (χ1n) is 9.60. The number of amides is 3. The van der Waals surface area contributed by atoms with Crippen LogP contribution in [0.15, 0.2) is 24.3 Å². The fourth-order valence-corrected chi connectivity index (χ4v) is 3.49. The van der Waals surface area contributed by atoms with Gasteiger partial charge in [0.15, 0.2) is 6.10 Å². The predicted molar refractivity (Wildman–Crippen MR) is 105 cm³/mol. The van der Waals surface area contributed by atoms with Gasteiger partial charge in [-0.05, 0) is 50.7 Å². The van der Waals surface area contributed by atoms with Gasteiger partial charge in [-0.15, -0.1) is 0 Å². The first kappa shape index (κ1) is 19.8. The molecule has 1 aromatic heterocycles. The molecule has 0 fully saturated rings. The zero-order valence-corrected chi connectivity index (χ0v) is 16.4. The van der Waals surface area contributed by atoms with Gasteiger partial charge in [-0.3, -0.25) is 15.1 Å². The summed E-state index contributed by atoms with van der Waals surface area (Å²) in [6, 6.07) is 6.83. The Bertz CT molecular complexity index is 925. The maximum atomic E-state index is 13.0. The van der Waals surface area contributed by atoms with Crippen molar-refractivity contribution < 1.29 is 19.1 Å². The lowest BCUT2D eigenvalue weighted by atomic mass is 9.84. The Labute approximate surface area is 163 Å². The van der Waals surface area contributed by atoms with Gasteiger partial charge in [0.25, 0.3) is 5.91 Å². The van der Waals surface area contributed by atoms with Gasteiger partial charge >= 0.3 is 12.0 Å². The molecule has 0 unspecified atom stereocenters. The smallest absolute Gasteiger partial charge is 0.339 e. The molecular weight excluding hydrogens is 358 g/mol. The number of hydrogen-bond acceptors (Lipinski definition) is 5. The first-order chi connectivity index (χ1) is 13.4. The lowest BCUT2D eigenvalue weighted by molar-refractivity contribution is -0.127. The van der Waals surface area contributed by atoms with E-state index < -0.39 is 24.0 Å². The van der Waals surface area contributed by atoms with Crippen LogP contribution in [0.4, 0.5) is 4.79 Å². The van der Waals surface area contributed by atoms with Crippen LogP contribution in [0.2, 0.25) is 0 Å². The zero-order chi connectivity index (χ0) is 20.3. The maximum absolute atomic E-state index is 13.0. The molecule has 0 saturated carbocycles. The average molecular weight is 383 g/mol. The molecule has 0 bridgehead atoms. The summed E-state index contributed by atoms with van der Waals surface area (Å²) in [5.41, 5.74) is 3.04. The molecule has 0 radical (unpaired) electrons. The largest absolute Gasteiger partial charge is 0.449 e. The number of nitrogens with one attached hydrogen (secondary N) is 2. The monoisotopic (exact) mass is 383 g/mol. The quantitative estimate of drug-likeness (QED) is 0.791. The molecule has 0 spiro atoms. The van der Waals surface area contributed by atoms with E-state index in [9.17, 15) is 14.4 Å². The number of ether oxygens (including phenoxy) is 1. The van der Waals surface area contributed by atoms with E-state index in [1.54, 1.807) is 6.92 Å². The minimum absolute atomic E-state index is 0.389. The highest BCUT2D eigenvalue weighted by atomic mass is 16.5. The lowest BCUT2D eigenvalue weighted by Crippen LogP contribution is -2.44. The van der Waals surface area contributed by atoms with Crippen LogP contribution in [-0.4, -0.2) is 35.5 Å². The molecule has 148 valence electrons. The van der Waals surface area contributed by atoms with Gasteiger partial charge < -0.3 is 10.1 Å². The second-order valence-electron chi connectivity index (χ2n) is 7.17. The molecule has 3 rings (SSSR count). The van der Waals surface area contributed by atoms with Crippen molar-refractivity contribution in [1.29, 1.82) is 0 Å². The van der Waals surface area contributed by atoms with E-state index in [4.69, 9.17) is 9.72 Å². The maximum Gasteiger partial charge on any atom is 0.339 e. The molecule has 2 N–H and O–H groups in total. The fourth-order valence-electron chi connectivity index (χ4n) is 3.49. The molecule has 0 aliphatic heterocycles. The van der Waals surface area contributed by atoms with E-state index in [-0.39, 0.29) is 0 Å². The van der Waals surface area contributed by atoms with Crippen LogP contribution in [0.25, 0.3) is 10.9 Å². The fraction of sp³-hybridized carbons (Fsp3) is 0.429. The molecule has 0 saturated heterocycles. The number of urea groups is 1. The van der Waals surface area contributed by atoms with Crippen LogP contribution < -0.4 is 10.6 Å². The molecule has 1 aromatic carbocycles. The van der Waals surface area contributed by atoms with Crippen molar-refractivity contribution in [2.75, 3.05) is 6.54 Å². The summed E-state index contributed by atoms with van der Waals surface area (Å²) in [6.07, 6.45) is 1.49. The normalized spacial score (nSPS) is 16.8. The summed E-state index contributed by atoms with van der Waals surface area (Å²) in [4.78, 5) is 41.4. The van der Waals surface area contributed by atoms with Gasteiger partial charge in [-0.2, -0.15) is 0 Å². The third-order valence-corrected chi connectivity index (χ3v) is 4.94. The van der Waals surface area contributed by atoms with E-state index in [0.29, 0.717) is 18.0 Å². The van der Waals surface area contributed by atoms with Crippen LogP contribution in [0, 0.1) is 5.92 Å². The van der Waals surface area contributed by atoms with Crippen molar-refractivity contribution in [3.63, 3.8) is 0 Å². The first-order valence-corrected chi connectivity index (χ1v) is 9.60. The molecule has 28 heavy (non-hydrogen) atoms. The number of aromatic nitrogens is 1. The number of para-hydroxylation sites is 1. The van der Waals surface area contributed by atoms with Crippen LogP contribution in [-0.2, 0) is 22.4 Å². The lowest BCUT2D eigenvalue weighted by Gasteiger charge is -2.24. The summed E-state index contributed by atoms with van der Waals surface area (Å²) in [7, 11) is 0. The Balaban J connectivity index is 1.90. The summed E-state index contributed by atoms with van der Waals surface area (Å²) in [5, 5.41) is 5.35. The summed E-state index contributed by atoms with van der Waals surface area (Å²) in [5.74, 6) is -0.789. The van der Waals surface area contributed by atoms with Crippen LogP contribution >= 0.6 is 0 Å². The van der Waals surface area contributed by atoms with Gasteiger partial charge in [0.2, 0.25) is 0 Å². The van der Waals surface area contributed by atoms with Crippen molar-refractivity contribution in [2.24, 2.45) is 5.92 Å². The Hall–Kier alpha value is -2.96. The van der Waals surface area contributed by atoms with E-state index in [0.717, 1.165) is 41.4 Å². The second kappa shape index (κ2) is 8.37. The number of fused-ring (bicyclic) bond motifs is 2. The van der Waals surface area contributed by atoms with Crippen molar-refractivity contribution in [2.45, 2.75) is 46.1 Å². The number of hydrogen-bond donors (Lipinski definition) is 2. The number of carbonyl (C=O) groups is 3. The Kier molecular flexibility index (Phi) is 5.92. The van der Waals surface area contributed by atoms with Crippen LogP contribution in [0.3, 0.4) is 0 Å². The molecule has 1 heterocycles. The number of carbonyl (C=O) groups excluding carboxylic acids is 3. The van der Waals surface area contributed by atoms with Gasteiger partial charge in [-0.25, -0.2) is 9.59 Å². The Morgan fingerprint density at radius 3 is 2.79 bits per heavy atom. The third-order valence-electron chi connectivity index (χ3n) is 4.94. The predicted octanol–water partition coefficient (Wildman–Crippen LogP) is 2.75. The van der Waals surface area contributed by atoms with Crippen LogP contribution in [0.1, 0.15) is 48.8 Å². The number of benzene rings is 1. The second-order valence-corrected chi connectivity index (χ2v) is 7.17. The van der Waals surface area contributed by atoms with Gasteiger partial charge in [0.05, 0.1) is 11.1 Å². The average Bonchev–Trinajstić information content (AvgIpc) is 2.66. The van der Waals surface area contributed by atoms with E-state index >= 15 is 0 Å². The summed E-state index contributed by atoms with van der Waals surface area (Å²) in [6.45, 7) is 5.73. The highest BCUT2D eigenvalue weighted by molar-refractivity contribution is 6.06. The standard InChI is InChI=1S/C21H25N3O4/c1-4-22-21(27)24-19(25)13(3)28-20(26)18-14-7-5-6-8-16(14)23-17-10-9-12(2)11-15(17)18/h5-8,12-13H,4,9-11H2,1-3H3,(H2,22,24,25,27)/t12-,13-/m0/s1. The number of esters is 1. The molecule has 1 aliphatic rings. The van der Waals surface area contributed by atoms with Crippen molar-refractivity contribution in [1.82, 2.24) is 15.6 Å². The van der Waals surface area contributed by atoms with E-state index in [2.05, 4.69) is 17.6 Å². The van der Waals surface area contributed by atoms with E-state index in [1.807, 2.05) is 24.3 Å². The third kappa shape index (κ3) is 4.13. The van der Waals surface area contributed by atoms with Crippen molar-refractivity contribution in [3.05, 3.63) is 41.1 Å². The summed E-state index contributed by atoms with van der Waals surface area (Å²) >= 11 is 0. The SMILES string of the molecule is CCNC(=O)NC(=O)[C@H](C)OC(=O)c1c2c(nc3ccccc13)CC[C@H](C)C2. The minimum Gasteiger partial charge on any atom is -0.449 e. The molecular formula is C21H25N3O4. The molecule has 7 nitrogen and oxygen atoms in total. The number of imide groups is 1. The molecule has 2 atom stereocenters. The highest BCUT2D eigenvalue weighted by Gasteiger charge is 2.28. The number of aryl methyl sites for hydroxylation is 1. The van der Waals surface area contributed by atoms with Gasteiger partial charge in [0.1, 0.15) is 0 Å². The summed E-state index contributed by atoms with van der Waals surface area (Å²) < 4.78 is 5.43. The van der Waals surface area contributed by atoms with Crippen molar-refractivity contribution in [3.8, 4) is 0 Å². The molecule has 1 aliphatic carbocycles. The number of pyridine rings is 1. The van der Waals surface area contributed by atoms with Crippen LogP contribution in [0.5, 0.6) is 0 Å². The number of nitrogens with zero attached hydrogens (tertiary/aromatic N) is 1. The van der Waals surface area contributed by atoms with Gasteiger partial charge in [-0.1, -0.05) is 25.1 Å². The molecule has 7 heteroatoms. The zero-order valence-electron chi connectivity index (χ0n) is 16.4. The Morgan fingerprint density at radius 2 is 2.04 bits per heavy atom. The Morgan fingerprint density at radius 1 is 1.29 bits per heavy atom. The van der Waals surface area contributed by atoms with Crippen molar-refractivity contribution >= 4 is 28.8 Å². The molecule has 2 aromatic rings. The topological polar surface area (TPSA) is 97.4 Å². The van der Waals surface area contributed by atoms with Gasteiger partial charge in [0, 0.05) is 17.6 Å².